The van der Waals surface area contributed by atoms with Crippen molar-refractivity contribution in [2.45, 2.75) is 20.1 Å². The molecule has 7 heteroatoms. The lowest BCUT2D eigenvalue weighted by Gasteiger charge is -2.11. The number of aromatic nitrogens is 5. The summed E-state index contributed by atoms with van der Waals surface area (Å²) in [6.45, 7) is 3.92. The van der Waals surface area contributed by atoms with Gasteiger partial charge in [0.2, 0.25) is 0 Å². The molecule has 0 atom stereocenters. The Labute approximate surface area is 145 Å². The first-order valence-electron chi connectivity index (χ1n) is 8.11. The third-order valence-electron chi connectivity index (χ3n) is 4.06. The van der Waals surface area contributed by atoms with Crippen LogP contribution >= 0.6 is 0 Å². The molecule has 1 aromatic carbocycles. The van der Waals surface area contributed by atoms with Crippen LogP contribution in [0.5, 0.6) is 5.75 Å². The molecule has 0 bridgehead atoms. The molecule has 3 aromatic rings. The number of benzene rings is 1. The average Bonchev–Trinajstić information content (AvgIpc) is 3.25. The van der Waals surface area contributed by atoms with Crippen molar-refractivity contribution in [3.63, 3.8) is 0 Å². The summed E-state index contributed by atoms with van der Waals surface area (Å²) in [5.41, 5.74) is 2.93. The van der Waals surface area contributed by atoms with Crippen molar-refractivity contribution in [3.05, 3.63) is 53.6 Å². The first kappa shape index (κ1) is 15.6. The van der Waals surface area contributed by atoms with Crippen LogP contribution in [0.15, 0.2) is 30.7 Å². The molecule has 128 valence electrons. The predicted molar refractivity (Wildman–Crippen MR) is 93.5 cm³/mol. The molecule has 1 aliphatic heterocycles. The molecule has 0 aliphatic carbocycles. The minimum Gasteiger partial charge on any atom is -0.495 e. The van der Waals surface area contributed by atoms with Crippen LogP contribution in [-0.4, -0.2) is 38.0 Å². The van der Waals surface area contributed by atoms with Gasteiger partial charge in [-0.2, -0.15) is 5.10 Å². The van der Waals surface area contributed by atoms with Crippen molar-refractivity contribution >= 4 is 12.2 Å². The summed E-state index contributed by atoms with van der Waals surface area (Å²) in [6, 6.07) is 6.03. The standard InChI is InChI=1S/C18H19N5O2/c1-13-10-22(12-19-13)15-5-3-14(9-16(15)24-2)4-6-17-20-18-11-25-8-7-23(18)21-17/h3-6,9-10,12H,7-8,11H2,1-2H3/b6-4+. The molecule has 0 N–H and O–H groups in total. The zero-order valence-electron chi connectivity index (χ0n) is 14.2. The summed E-state index contributed by atoms with van der Waals surface area (Å²) >= 11 is 0. The second-order valence-corrected chi connectivity index (χ2v) is 5.85. The molecular weight excluding hydrogens is 318 g/mol. The summed E-state index contributed by atoms with van der Waals surface area (Å²) in [5.74, 6) is 2.34. The van der Waals surface area contributed by atoms with Gasteiger partial charge < -0.3 is 14.0 Å². The van der Waals surface area contributed by atoms with Crippen LogP contribution in [-0.2, 0) is 17.9 Å². The fourth-order valence-electron chi connectivity index (χ4n) is 2.80. The molecule has 3 heterocycles. The summed E-state index contributed by atoms with van der Waals surface area (Å²) in [7, 11) is 1.67. The van der Waals surface area contributed by atoms with Crippen molar-refractivity contribution in [3.8, 4) is 11.4 Å². The maximum absolute atomic E-state index is 5.53. The molecule has 25 heavy (non-hydrogen) atoms. The van der Waals surface area contributed by atoms with Gasteiger partial charge in [0, 0.05) is 6.20 Å². The SMILES string of the molecule is COc1cc(/C=C/c2nc3n(n2)CCOC3)ccc1-n1cnc(C)c1. The zero-order valence-corrected chi connectivity index (χ0v) is 14.2. The van der Waals surface area contributed by atoms with Crippen LogP contribution < -0.4 is 4.74 Å². The van der Waals surface area contributed by atoms with Crippen molar-refractivity contribution < 1.29 is 9.47 Å². The third-order valence-corrected chi connectivity index (χ3v) is 4.06. The van der Waals surface area contributed by atoms with E-state index in [9.17, 15) is 0 Å². The molecule has 0 radical (unpaired) electrons. The number of imidazole rings is 1. The normalized spacial score (nSPS) is 14.0. The predicted octanol–water partition coefficient (Wildman–Crippen LogP) is 2.48. The summed E-state index contributed by atoms with van der Waals surface area (Å²) in [6.07, 6.45) is 7.63. The van der Waals surface area contributed by atoms with Crippen LogP contribution in [0.2, 0.25) is 0 Å². The molecule has 0 amide bonds. The van der Waals surface area contributed by atoms with Gasteiger partial charge in [0.15, 0.2) is 11.6 Å². The molecule has 0 spiro atoms. The Morgan fingerprint density at radius 3 is 2.96 bits per heavy atom. The topological polar surface area (TPSA) is 67.0 Å². The van der Waals surface area contributed by atoms with E-state index in [1.807, 2.05) is 52.7 Å². The van der Waals surface area contributed by atoms with Crippen LogP contribution in [0.25, 0.3) is 17.8 Å². The Bertz CT molecular complexity index is 902. The van der Waals surface area contributed by atoms with Crippen molar-refractivity contribution in [1.82, 2.24) is 24.3 Å². The van der Waals surface area contributed by atoms with E-state index in [1.54, 1.807) is 13.4 Å². The first-order valence-corrected chi connectivity index (χ1v) is 8.11. The minimum atomic E-state index is 0.522. The Hall–Kier alpha value is -2.93. The van der Waals surface area contributed by atoms with Crippen molar-refractivity contribution in [2.24, 2.45) is 0 Å². The molecule has 7 nitrogen and oxygen atoms in total. The molecule has 0 fully saturated rings. The van der Waals surface area contributed by atoms with Gasteiger partial charge in [-0.1, -0.05) is 12.1 Å². The summed E-state index contributed by atoms with van der Waals surface area (Å²) in [5, 5.41) is 4.47. The fraction of sp³-hybridized carbons (Fsp3) is 0.278. The van der Waals surface area contributed by atoms with Gasteiger partial charge in [0.25, 0.3) is 0 Å². The zero-order chi connectivity index (χ0) is 17.2. The highest BCUT2D eigenvalue weighted by atomic mass is 16.5. The largest absolute Gasteiger partial charge is 0.495 e. The molecule has 0 saturated carbocycles. The lowest BCUT2D eigenvalue weighted by Crippen LogP contribution is -2.17. The van der Waals surface area contributed by atoms with E-state index in [0.717, 1.165) is 35.1 Å². The maximum Gasteiger partial charge on any atom is 0.174 e. The lowest BCUT2D eigenvalue weighted by atomic mass is 10.1. The number of fused-ring (bicyclic) bond motifs is 1. The Kier molecular flexibility index (Phi) is 4.07. The van der Waals surface area contributed by atoms with E-state index in [1.165, 1.54) is 0 Å². The quantitative estimate of drug-likeness (QED) is 0.732. The van der Waals surface area contributed by atoms with E-state index in [-0.39, 0.29) is 0 Å². The van der Waals surface area contributed by atoms with Crippen LogP contribution in [0, 0.1) is 6.92 Å². The molecule has 0 unspecified atom stereocenters. The molecule has 2 aromatic heterocycles. The van der Waals surface area contributed by atoms with Crippen molar-refractivity contribution in [1.29, 1.82) is 0 Å². The van der Waals surface area contributed by atoms with Gasteiger partial charge >= 0.3 is 0 Å². The van der Waals surface area contributed by atoms with E-state index in [4.69, 9.17) is 9.47 Å². The van der Waals surface area contributed by atoms with E-state index in [0.29, 0.717) is 19.0 Å². The van der Waals surface area contributed by atoms with Gasteiger partial charge in [0.05, 0.1) is 38.0 Å². The van der Waals surface area contributed by atoms with Gasteiger partial charge in [-0.25, -0.2) is 14.6 Å². The Balaban J connectivity index is 1.59. The highest BCUT2D eigenvalue weighted by Gasteiger charge is 2.12. The smallest absolute Gasteiger partial charge is 0.174 e. The lowest BCUT2D eigenvalue weighted by molar-refractivity contribution is 0.0769. The number of aryl methyl sites for hydroxylation is 1. The monoisotopic (exact) mass is 337 g/mol. The molecule has 1 aliphatic rings. The summed E-state index contributed by atoms with van der Waals surface area (Å²) in [4.78, 5) is 8.74. The highest BCUT2D eigenvalue weighted by Crippen LogP contribution is 2.25. The number of rotatable bonds is 4. The van der Waals surface area contributed by atoms with E-state index in [2.05, 4.69) is 15.1 Å². The Morgan fingerprint density at radius 2 is 2.20 bits per heavy atom. The average molecular weight is 337 g/mol. The molecular formula is C18H19N5O2. The fourth-order valence-corrected chi connectivity index (χ4v) is 2.80. The molecule has 4 rings (SSSR count). The molecule has 0 saturated heterocycles. The first-order chi connectivity index (χ1) is 12.2. The number of hydrogen-bond donors (Lipinski definition) is 0. The maximum atomic E-state index is 5.53. The van der Waals surface area contributed by atoms with Gasteiger partial charge in [-0.15, -0.1) is 0 Å². The minimum absolute atomic E-state index is 0.522. The number of methoxy groups -OCH3 is 1. The van der Waals surface area contributed by atoms with E-state index < -0.39 is 0 Å². The second kappa shape index (κ2) is 6.52. The number of ether oxygens (including phenoxy) is 2. The van der Waals surface area contributed by atoms with E-state index >= 15 is 0 Å². The van der Waals surface area contributed by atoms with Crippen LogP contribution in [0.1, 0.15) is 22.9 Å². The number of hydrogen-bond acceptors (Lipinski definition) is 5. The third kappa shape index (κ3) is 3.18. The number of nitrogens with zero attached hydrogens (tertiary/aromatic N) is 5. The van der Waals surface area contributed by atoms with Crippen LogP contribution in [0.3, 0.4) is 0 Å². The van der Waals surface area contributed by atoms with Crippen LogP contribution in [0.4, 0.5) is 0 Å². The Morgan fingerprint density at radius 1 is 1.28 bits per heavy atom. The van der Waals surface area contributed by atoms with Gasteiger partial charge in [0.1, 0.15) is 12.4 Å². The van der Waals surface area contributed by atoms with Gasteiger partial charge in [-0.05, 0) is 30.7 Å². The van der Waals surface area contributed by atoms with Crippen molar-refractivity contribution in [2.75, 3.05) is 13.7 Å². The second-order valence-electron chi connectivity index (χ2n) is 5.85. The highest BCUT2D eigenvalue weighted by molar-refractivity contribution is 5.69. The van der Waals surface area contributed by atoms with Gasteiger partial charge in [-0.3, -0.25) is 0 Å². The summed E-state index contributed by atoms with van der Waals surface area (Å²) < 4.78 is 14.8.